The lowest BCUT2D eigenvalue weighted by atomic mass is 9.57. The summed E-state index contributed by atoms with van der Waals surface area (Å²) in [6, 6.07) is 2.09. The average Bonchev–Trinajstić information content (AvgIpc) is 3.53. The van der Waals surface area contributed by atoms with E-state index in [0.29, 0.717) is 5.41 Å². The van der Waals surface area contributed by atoms with E-state index in [4.69, 9.17) is 15.6 Å². The third-order valence-electron chi connectivity index (χ3n) is 9.32. The summed E-state index contributed by atoms with van der Waals surface area (Å²) < 4.78 is 2.31. The Bertz CT molecular complexity index is 1150. The Morgan fingerprint density at radius 1 is 1.14 bits per heavy atom. The second-order valence-electron chi connectivity index (χ2n) is 12.2. The number of pyridine rings is 1. The van der Waals surface area contributed by atoms with Crippen LogP contribution in [-0.4, -0.2) is 56.0 Å². The summed E-state index contributed by atoms with van der Waals surface area (Å²) in [5.74, 6) is 0.760. The maximum Gasteiger partial charge on any atom is 0.136 e. The number of hydrogen-bond acceptors (Lipinski definition) is 8. The van der Waals surface area contributed by atoms with Crippen LogP contribution in [0.25, 0.3) is 0 Å². The number of hydrogen-bond donors (Lipinski definition) is 5. The van der Waals surface area contributed by atoms with Gasteiger partial charge in [0.05, 0.1) is 22.5 Å². The summed E-state index contributed by atoms with van der Waals surface area (Å²) >= 11 is 0. The Morgan fingerprint density at radius 3 is 2.32 bits per heavy atom. The number of rotatable bonds is 6. The molecule has 0 atom stereocenters. The first-order chi connectivity index (χ1) is 17.6. The van der Waals surface area contributed by atoms with Crippen LogP contribution < -0.4 is 15.7 Å². The molecule has 0 aromatic carbocycles. The van der Waals surface area contributed by atoms with Gasteiger partial charge < -0.3 is 25.9 Å². The Balaban J connectivity index is 0.000000504. The molecule has 0 unspecified atom stereocenters. The van der Waals surface area contributed by atoms with Crippen molar-refractivity contribution < 1.29 is 11.7 Å². The number of aromatic nitrogens is 3. The van der Waals surface area contributed by atoms with E-state index in [1.165, 1.54) is 17.5 Å². The van der Waals surface area contributed by atoms with E-state index < -0.39 is 0 Å². The van der Waals surface area contributed by atoms with Crippen LogP contribution in [0.15, 0.2) is 6.07 Å². The molecule has 9 nitrogen and oxygen atoms in total. The van der Waals surface area contributed by atoms with Gasteiger partial charge in [0.1, 0.15) is 5.82 Å². The van der Waals surface area contributed by atoms with Gasteiger partial charge in [0.15, 0.2) is 0 Å². The molecule has 5 N–H and O–H groups in total. The smallest absolute Gasteiger partial charge is 0.136 e. The fraction of sp³-hybridized carbons (Fsp3) is 0.679. The van der Waals surface area contributed by atoms with Crippen molar-refractivity contribution in [3.05, 3.63) is 34.3 Å². The molecule has 2 bridgehead atoms. The molecule has 4 saturated carbocycles. The minimum atomic E-state index is -0.250. The molecule has 0 amide bonds. The highest BCUT2D eigenvalue weighted by Crippen LogP contribution is 2.53. The van der Waals surface area contributed by atoms with Gasteiger partial charge in [0, 0.05) is 63.2 Å². The zero-order valence-corrected chi connectivity index (χ0v) is 22.8. The van der Waals surface area contributed by atoms with Gasteiger partial charge in [0.2, 0.25) is 0 Å². The molecule has 3 heterocycles. The molecular formula is C28H45N7O2. The minimum absolute atomic E-state index is 0. The van der Waals surface area contributed by atoms with Gasteiger partial charge in [-0.05, 0) is 83.6 Å². The predicted octanol–water partition coefficient (Wildman–Crippen LogP) is 4.35. The highest BCUT2D eigenvalue weighted by Gasteiger charge is 2.49. The number of aliphatic hydroxyl groups is 1. The number of nitrogens with zero attached hydrogens (tertiary/aromatic N) is 4. The number of fused-ring (bicyclic) bond motifs is 4. The molecule has 4 aliphatic carbocycles. The maximum absolute atomic E-state index is 9.61. The summed E-state index contributed by atoms with van der Waals surface area (Å²) in [5, 5.41) is 34.4. The van der Waals surface area contributed by atoms with Gasteiger partial charge >= 0.3 is 0 Å². The van der Waals surface area contributed by atoms with Gasteiger partial charge in [-0.3, -0.25) is 4.68 Å². The van der Waals surface area contributed by atoms with E-state index in [-0.39, 0.29) is 12.6 Å². The zero-order chi connectivity index (χ0) is 26.4. The van der Waals surface area contributed by atoms with E-state index in [0.717, 1.165) is 106 Å². The van der Waals surface area contributed by atoms with Crippen molar-refractivity contribution in [2.45, 2.75) is 103 Å². The van der Waals surface area contributed by atoms with Gasteiger partial charge in [-0.25, -0.2) is 4.98 Å². The van der Waals surface area contributed by atoms with Crippen LogP contribution in [0.3, 0.4) is 0 Å². The minimum Gasteiger partial charge on any atom is -0.390 e. The molecule has 0 spiro atoms. The van der Waals surface area contributed by atoms with Crippen molar-refractivity contribution in [1.29, 1.82) is 5.41 Å². The third-order valence-corrected chi connectivity index (χ3v) is 9.32. The number of anilines is 2. The molecule has 4 fully saturated rings. The van der Waals surface area contributed by atoms with Crippen molar-refractivity contribution in [3.63, 3.8) is 0 Å². The van der Waals surface area contributed by atoms with E-state index in [9.17, 15) is 5.21 Å². The van der Waals surface area contributed by atoms with Crippen molar-refractivity contribution >= 4 is 17.7 Å². The van der Waals surface area contributed by atoms with Gasteiger partial charge in [0.25, 0.3) is 0 Å². The first kappa shape index (κ1) is 26.1. The second-order valence-corrected chi connectivity index (χ2v) is 12.2. The van der Waals surface area contributed by atoms with Crippen LogP contribution >= 0.6 is 0 Å². The predicted molar refractivity (Wildman–Crippen MR) is 148 cm³/mol. The lowest BCUT2D eigenvalue weighted by Crippen LogP contribution is -2.54. The molecule has 204 valence electrons. The fourth-order valence-corrected chi connectivity index (χ4v) is 6.43. The van der Waals surface area contributed by atoms with Crippen molar-refractivity contribution in [2.24, 2.45) is 5.41 Å². The summed E-state index contributed by atoms with van der Waals surface area (Å²) in [7, 11) is 1.86. The van der Waals surface area contributed by atoms with E-state index >= 15 is 0 Å². The molecule has 5 aliphatic rings. The van der Waals surface area contributed by atoms with Crippen molar-refractivity contribution in [3.8, 4) is 0 Å². The Morgan fingerprint density at radius 2 is 1.78 bits per heavy atom. The van der Waals surface area contributed by atoms with Crippen molar-refractivity contribution in [1.82, 2.24) is 20.2 Å². The second kappa shape index (κ2) is 9.67. The topological polar surface area (TPSA) is 122 Å². The Labute approximate surface area is 221 Å². The summed E-state index contributed by atoms with van der Waals surface area (Å²) in [6.07, 6.45) is 11.0. The highest BCUT2D eigenvalue weighted by atomic mass is 16.5. The largest absolute Gasteiger partial charge is 0.390 e. The molecule has 2 aromatic rings. The first-order valence-electron chi connectivity index (χ1n) is 13.8. The molecule has 0 radical (unpaired) electrons. The SMILES string of the molecule is CC1(O)CC1.CNc1nc(C)cc(N2CCc3c(c(C)nn3CC34CCC(NO)(CC3)CC4)C2)c1C=N.[HH]. The summed E-state index contributed by atoms with van der Waals surface area (Å²) in [6.45, 7) is 8.72. The van der Waals surface area contributed by atoms with Crippen LogP contribution in [0.2, 0.25) is 0 Å². The van der Waals surface area contributed by atoms with Crippen LogP contribution in [0.4, 0.5) is 11.5 Å². The first-order valence-corrected chi connectivity index (χ1v) is 13.8. The van der Waals surface area contributed by atoms with E-state index in [1.807, 2.05) is 20.9 Å². The van der Waals surface area contributed by atoms with Gasteiger partial charge in [-0.1, -0.05) is 0 Å². The molecule has 9 heteroatoms. The number of hydroxylamine groups is 1. The maximum atomic E-state index is 9.61. The molecule has 0 saturated heterocycles. The molecule has 37 heavy (non-hydrogen) atoms. The molecule has 7 rings (SSSR count). The van der Waals surface area contributed by atoms with Crippen LogP contribution in [-0.2, 0) is 19.5 Å². The summed E-state index contributed by atoms with van der Waals surface area (Å²) in [4.78, 5) is 6.93. The molecular weight excluding hydrogens is 466 g/mol. The van der Waals surface area contributed by atoms with Crippen molar-refractivity contribution in [2.75, 3.05) is 23.8 Å². The Kier molecular flexibility index (Phi) is 6.83. The standard InChI is InChI=1S/C24H35N7O.C4H8O.H2/c1-16-12-21(18(13-25)22(26-3)27-16)30-11-4-20-19(14-30)17(2)28-31(20)15-23-5-8-24(29-32,9-6-23)10-7-23;1-4(5)2-3-4;/h12-13,25,29,32H,4-11,14-15H2,1-3H3,(H,26,27);5H,2-3H2,1H3;1H. The molecule has 2 aromatic heterocycles. The normalized spacial score (nSPS) is 27.2. The number of aryl methyl sites for hydroxylation is 2. The van der Waals surface area contributed by atoms with E-state index in [1.54, 1.807) is 0 Å². The van der Waals surface area contributed by atoms with Gasteiger partial charge in [-0.15, -0.1) is 0 Å². The van der Waals surface area contributed by atoms with E-state index in [2.05, 4.69) is 38.4 Å². The lowest BCUT2D eigenvalue weighted by molar-refractivity contribution is -0.0553. The third kappa shape index (κ3) is 5.13. The highest BCUT2D eigenvalue weighted by molar-refractivity contribution is 5.92. The van der Waals surface area contributed by atoms with Crippen LogP contribution in [0.1, 0.15) is 87.9 Å². The Hall–Kier alpha value is -2.49. The lowest BCUT2D eigenvalue weighted by Gasteiger charge is -2.52. The van der Waals surface area contributed by atoms with Crippen LogP contribution in [0.5, 0.6) is 0 Å². The zero-order valence-electron chi connectivity index (χ0n) is 22.8. The monoisotopic (exact) mass is 511 g/mol. The fourth-order valence-electron chi connectivity index (χ4n) is 6.43. The summed E-state index contributed by atoms with van der Waals surface area (Å²) in [5.41, 5.74) is 9.36. The van der Waals surface area contributed by atoms with Crippen LogP contribution in [0, 0.1) is 24.7 Å². The quantitative estimate of drug-likeness (QED) is 0.289. The number of nitrogens with one attached hydrogen (secondary N) is 3. The molecule has 1 aliphatic heterocycles. The van der Waals surface area contributed by atoms with Gasteiger partial charge in [-0.2, -0.15) is 10.6 Å². The average molecular weight is 512 g/mol.